The Balaban J connectivity index is 3.49. The lowest BCUT2D eigenvalue weighted by Gasteiger charge is -2.24. The standard InChI is InChI=1S/C26H56NO6PS/c1-6-7-8-9-10-11-12-13-14-15-16-17-20-31-21-18-23-35-25-26(30-5)24-33-34(28,29)32-22-19-27(2,3)4/h26H,6-25H2,1-5H3/p+1. The Morgan fingerprint density at radius 1 is 0.800 bits per heavy atom. The summed E-state index contributed by atoms with van der Waals surface area (Å²) in [5.74, 6) is 1.67. The van der Waals surface area contributed by atoms with Crippen molar-refractivity contribution in [1.29, 1.82) is 0 Å². The first kappa shape index (κ1) is 35.3. The van der Waals surface area contributed by atoms with Gasteiger partial charge in [-0.25, -0.2) is 4.57 Å². The summed E-state index contributed by atoms with van der Waals surface area (Å²) in [4.78, 5) is 9.81. The van der Waals surface area contributed by atoms with E-state index < -0.39 is 7.82 Å². The Labute approximate surface area is 221 Å². The number of quaternary nitrogens is 1. The molecule has 1 N–H and O–H groups in total. The normalized spacial score (nSPS) is 14.8. The Morgan fingerprint density at radius 3 is 1.89 bits per heavy atom. The number of nitrogens with zero attached hydrogens (tertiary/aromatic N) is 1. The van der Waals surface area contributed by atoms with Crippen LogP contribution in [0.5, 0.6) is 0 Å². The van der Waals surface area contributed by atoms with Crippen LogP contribution in [0, 0.1) is 0 Å². The Morgan fingerprint density at radius 2 is 1.34 bits per heavy atom. The number of thioether (sulfide) groups is 1. The third-order valence-electron chi connectivity index (χ3n) is 5.80. The number of phosphoric ester groups is 1. The lowest BCUT2D eigenvalue weighted by molar-refractivity contribution is -0.870. The lowest BCUT2D eigenvalue weighted by atomic mass is 10.1. The highest BCUT2D eigenvalue weighted by atomic mass is 32.2. The van der Waals surface area contributed by atoms with E-state index >= 15 is 0 Å². The van der Waals surface area contributed by atoms with Crippen LogP contribution in [0.2, 0.25) is 0 Å². The van der Waals surface area contributed by atoms with E-state index in [4.69, 9.17) is 18.5 Å². The maximum Gasteiger partial charge on any atom is 0.472 e. The molecule has 2 atom stereocenters. The molecular weight excluding hydrogens is 485 g/mol. The van der Waals surface area contributed by atoms with E-state index in [9.17, 15) is 9.46 Å². The molecule has 0 spiro atoms. The highest BCUT2D eigenvalue weighted by Crippen LogP contribution is 2.43. The zero-order valence-corrected chi connectivity index (χ0v) is 25.2. The van der Waals surface area contributed by atoms with Gasteiger partial charge in [0.15, 0.2) is 0 Å². The van der Waals surface area contributed by atoms with Gasteiger partial charge in [0.05, 0.1) is 33.9 Å². The van der Waals surface area contributed by atoms with Gasteiger partial charge in [-0.15, -0.1) is 0 Å². The highest BCUT2D eigenvalue weighted by molar-refractivity contribution is 7.99. The van der Waals surface area contributed by atoms with Crippen molar-refractivity contribution in [1.82, 2.24) is 0 Å². The summed E-state index contributed by atoms with van der Waals surface area (Å²) in [5.41, 5.74) is 0. The average molecular weight is 543 g/mol. The minimum absolute atomic E-state index is 0.0388. The van der Waals surface area contributed by atoms with Crippen LogP contribution in [0.3, 0.4) is 0 Å². The fourth-order valence-electron chi connectivity index (χ4n) is 3.45. The quantitative estimate of drug-likeness (QED) is 0.0705. The van der Waals surface area contributed by atoms with E-state index in [1.165, 1.54) is 70.6 Å². The molecule has 9 heteroatoms. The molecule has 0 amide bonds. The monoisotopic (exact) mass is 542 g/mol. The fourth-order valence-corrected chi connectivity index (χ4v) is 5.18. The largest absolute Gasteiger partial charge is 0.472 e. The molecule has 2 unspecified atom stereocenters. The Bertz CT molecular complexity index is 507. The van der Waals surface area contributed by atoms with E-state index in [1.807, 2.05) is 21.1 Å². The molecule has 212 valence electrons. The highest BCUT2D eigenvalue weighted by Gasteiger charge is 2.24. The summed E-state index contributed by atoms with van der Waals surface area (Å²) < 4.78 is 33.9. The summed E-state index contributed by atoms with van der Waals surface area (Å²) >= 11 is 1.74. The second-order valence-electron chi connectivity index (χ2n) is 10.4. The molecule has 0 heterocycles. The third-order valence-corrected chi connectivity index (χ3v) is 7.97. The molecule has 0 aliphatic rings. The number of rotatable bonds is 27. The van der Waals surface area contributed by atoms with Gasteiger partial charge in [-0.3, -0.25) is 9.05 Å². The first-order chi connectivity index (χ1) is 16.7. The maximum absolute atomic E-state index is 12.0. The molecule has 0 bridgehead atoms. The maximum atomic E-state index is 12.0. The first-order valence-corrected chi connectivity index (χ1v) is 16.5. The fraction of sp³-hybridized carbons (Fsp3) is 1.00. The zero-order chi connectivity index (χ0) is 26.3. The number of phosphoric acid groups is 1. The molecule has 0 saturated carbocycles. The van der Waals surface area contributed by atoms with E-state index in [2.05, 4.69) is 6.92 Å². The molecule has 0 saturated heterocycles. The molecule has 7 nitrogen and oxygen atoms in total. The van der Waals surface area contributed by atoms with E-state index in [1.54, 1.807) is 18.9 Å². The van der Waals surface area contributed by atoms with E-state index in [0.717, 1.165) is 31.8 Å². The van der Waals surface area contributed by atoms with Crippen LogP contribution in [-0.2, 0) is 23.1 Å². The molecular formula is C26H57NO6PS+. The smallest absolute Gasteiger partial charge is 0.381 e. The molecule has 0 radical (unpaired) electrons. The van der Waals surface area contributed by atoms with Crippen molar-refractivity contribution in [2.45, 2.75) is 96.5 Å². The topological polar surface area (TPSA) is 74.2 Å². The van der Waals surface area contributed by atoms with Crippen molar-refractivity contribution in [2.24, 2.45) is 0 Å². The van der Waals surface area contributed by atoms with Gasteiger partial charge < -0.3 is 18.9 Å². The van der Waals surface area contributed by atoms with Crippen LogP contribution in [-0.4, -0.2) is 88.2 Å². The van der Waals surface area contributed by atoms with Crippen LogP contribution in [0.15, 0.2) is 0 Å². The minimum Gasteiger partial charge on any atom is -0.381 e. The number of hydrogen-bond acceptors (Lipinski definition) is 6. The SMILES string of the molecule is CCCCCCCCCCCCCCOCCCSCC(COP(=O)(O)OCC[N+](C)(C)C)OC. The van der Waals surface area contributed by atoms with Crippen molar-refractivity contribution in [3.8, 4) is 0 Å². The van der Waals surface area contributed by atoms with Gasteiger partial charge >= 0.3 is 7.82 Å². The predicted molar refractivity (Wildman–Crippen MR) is 149 cm³/mol. The second-order valence-corrected chi connectivity index (χ2v) is 13.0. The second kappa shape index (κ2) is 23.5. The first-order valence-electron chi connectivity index (χ1n) is 13.8. The summed E-state index contributed by atoms with van der Waals surface area (Å²) in [6.45, 7) is 4.74. The number of ether oxygens (including phenoxy) is 2. The minimum atomic E-state index is -4.04. The Kier molecular flexibility index (Phi) is 23.7. The predicted octanol–water partition coefficient (Wildman–Crippen LogP) is 6.68. The summed E-state index contributed by atoms with van der Waals surface area (Å²) in [5, 5.41) is 0. The number of methoxy groups -OCH3 is 1. The Hall–Kier alpha value is 0.340. The molecule has 0 aromatic rings. The summed E-state index contributed by atoms with van der Waals surface area (Å²) in [7, 11) is 3.53. The average Bonchev–Trinajstić information content (AvgIpc) is 2.79. The molecule has 0 rings (SSSR count). The number of unbranched alkanes of at least 4 members (excludes halogenated alkanes) is 11. The van der Waals surface area contributed by atoms with Crippen molar-refractivity contribution in [3.05, 3.63) is 0 Å². The van der Waals surface area contributed by atoms with Gasteiger partial charge in [-0.1, -0.05) is 77.6 Å². The summed E-state index contributed by atoms with van der Waals surface area (Å²) in [6, 6.07) is 0. The number of hydrogen-bond donors (Lipinski definition) is 1. The van der Waals surface area contributed by atoms with Crippen LogP contribution in [0.1, 0.15) is 90.4 Å². The van der Waals surface area contributed by atoms with Gasteiger partial charge in [-0.05, 0) is 18.6 Å². The molecule has 0 aliphatic heterocycles. The van der Waals surface area contributed by atoms with E-state index in [-0.39, 0.29) is 19.3 Å². The van der Waals surface area contributed by atoms with Gasteiger partial charge in [-0.2, -0.15) is 11.8 Å². The molecule has 0 aliphatic carbocycles. The number of likely N-dealkylation sites (N-methyl/N-ethyl adjacent to an activating group) is 1. The van der Waals surface area contributed by atoms with Crippen molar-refractivity contribution in [2.75, 3.05) is 72.7 Å². The van der Waals surface area contributed by atoms with Crippen molar-refractivity contribution < 1.29 is 32.5 Å². The molecule has 35 heavy (non-hydrogen) atoms. The molecule has 0 fully saturated rings. The molecule has 0 aromatic heterocycles. The van der Waals surface area contributed by atoms with Crippen molar-refractivity contribution in [3.63, 3.8) is 0 Å². The van der Waals surface area contributed by atoms with E-state index in [0.29, 0.717) is 16.8 Å². The van der Waals surface area contributed by atoms with Crippen LogP contribution in [0.25, 0.3) is 0 Å². The lowest BCUT2D eigenvalue weighted by Crippen LogP contribution is -2.37. The van der Waals surface area contributed by atoms with Gasteiger partial charge in [0.1, 0.15) is 13.2 Å². The van der Waals surface area contributed by atoms with Crippen LogP contribution >= 0.6 is 19.6 Å². The summed E-state index contributed by atoms with van der Waals surface area (Å²) in [6.07, 6.45) is 17.1. The van der Waals surface area contributed by atoms with Gasteiger partial charge in [0.2, 0.25) is 0 Å². The van der Waals surface area contributed by atoms with Crippen LogP contribution < -0.4 is 0 Å². The van der Waals surface area contributed by atoms with Crippen molar-refractivity contribution >= 4 is 19.6 Å². The third kappa shape index (κ3) is 27.2. The van der Waals surface area contributed by atoms with Gasteiger partial charge in [0, 0.05) is 26.1 Å². The van der Waals surface area contributed by atoms with Gasteiger partial charge in [0.25, 0.3) is 0 Å². The zero-order valence-electron chi connectivity index (χ0n) is 23.5. The molecule has 0 aromatic carbocycles. The van der Waals surface area contributed by atoms with Crippen LogP contribution in [0.4, 0.5) is 0 Å².